The molecule has 5 rings (SSSR count). The van der Waals surface area contributed by atoms with Gasteiger partial charge in [-0.1, -0.05) is 24.3 Å². The Morgan fingerprint density at radius 3 is 2.89 bits per heavy atom. The minimum Gasteiger partial charge on any atom is -0.368 e. The number of nitrogens with two attached hydrogens (primary N) is 1. The number of nitrogens with zero attached hydrogens (tertiary/aromatic N) is 3. The lowest BCUT2D eigenvalue weighted by atomic mass is 10.1. The second-order valence-electron chi connectivity index (χ2n) is 6.53. The van der Waals surface area contributed by atoms with Crippen LogP contribution in [0.1, 0.15) is 11.1 Å². The molecule has 1 aromatic heterocycles. The predicted molar refractivity (Wildman–Crippen MR) is 104 cm³/mol. The summed E-state index contributed by atoms with van der Waals surface area (Å²) in [6, 6.07) is 13.8. The summed E-state index contributed by atoms with van der Waals surface area (Å²) in [5, 5.41) is 0. The second kappa shape index (κ2) is 5.96. The lowest BCUT2D eigenvalue weighted by Crippen LogP contribution is -2.31. The van der Waals surface area contributed by atoms with Gasteiger partial charge in [-0.25, -0.2) is 9.97 Å². The summed E-state index contributed by atoms with van der Waals surface area (Å²) in [5.74, 6) is 0.202. The topological polar surface area (TPSA) is 108 Å². The Kier molecular flexibility index (Phi) is 3.44. The van der Waals surface area contributed by atoms with Crippen LogP contribution < -0.4 is 27.0 Å². The number of amides is 1. The molecule has 0 bridgehead atoms. The van der Waals surface area contributed by atoms with Gasteiger partial charge in [0.15, 0.2) is 0 Å². The molecule has 27 heavy (non-hydrogen) atoms. The molecule has 2 aromatic carbocycles. The average molecular weight is 359 g/mol. The lowest BCUT2D eigenvalue weighted by Gasteiger charge is -2.23. The summed E-state index contributed by atoms with van der Waals surface area (Å²) < 4.78 is 0. The fourth-order valence-corrected chi connectivity index (χ4v) is 3.51. The number of carbonyl (C=O) groups excluding carboxylic acids is 1. The van der Waals surface area contributed by atoms with Gasteiger partial charge in [-0.05, 0) is 23.8 Å². The van der Waals surface area contributed by atoms with Gasteiger partial charge in [0.2, 0.25) is 11.9 Å². The number of hydrazine groups is 2. The van der Waals surface area contributed by atoms with E-state index in [1.807, 2.05) is 42.5 Å². The third-order valence-electron chi connectivity index (χ3n) is 4.79. The normalized spacial score (nSPS) is 14.5. The van der Waals surface area contributed by atoms with Gasteiger partial charge in [0.05, 0.1) is 35.7 Å². The molecule has 0 saturated carbocycles. The number of fused-ring (bicyclic) bond motifs is 4. The summed E-state index contributed by atoms with van der Waals surface area (Å²) in [6.07, 6.45) is 1.88. The average Bonchev–Trinajstić information content (AvgIpc) is 3.11. The number of para-hydroxylation sites is 1. The molecule has 0 atom stereocenters. The lowest BCUT2D eigenvalue weighted by molar-refractivity contribution is -0.118. The molecule has 8 nitrogen and oxygen atoms in total. The van der Waals surface area contributed by atoms with Gasteiger partial charge in [0.1, 0.15) is 0 Å². The number of nitrogens with one attached hydrogen (secondary N) is 3. The van der Waals surface area contributed by atoms with Crippen LogP contribution in [0.4, 0.5) is 23.0 Å². The van der Waals surface area contributed by atoms with Crippen LogP contribution in [0.15, 0.2) is 48.7 Å². The summed E-state index contributed by atoms with van der Waals surface area (Å²) in [4.78, 5) is 23.3. The smallest absolute Gasteiger partial charge is 0.231 e. The maximum absolute atomic E-state index is 13.1. The molecule has 2 aliphatic rings. The highest BCUT2D eigenvalue weighted by Crippen LogP contribution is 2.36. The van der Waals surface area contributed by atoms with Crippen LogP contribution in [-0.2, 0) is 17.8 Å². The highest BCUT2D eigenvalue weighted by atomic mass is 16.2. The van der Waals surface area contributed by atoms with Gasteiger partial charge < -0.3 is 21.5 Å². The number of anilines is 4. The molecule has 0 spiro atoms. The van der Waals surface area contributed by atoms with Gasteiger partial charge in [-0.2, -0.15) is 0 Å². The number of rotatable bonds is 2. The molecular weight excluding hydrogens is 342 g/mol. The first-order valence-corrected chi connectivity index (χ1v) is 8.60. The van der Waals surface area contributed by atoms with E-state index in [0.717, 1.165) is 39.4 Å². The van der Waals surface area contributed by atoms with Crippen LogP contribution in [0, 0.1) is 0 Å². The van der Waals surface area contributed by atoms with Crippen molar-refractivity contribution in [2.75, 3.05) is 21.5 Å². The molecule has 0 unspecified atom stereocenters. The quantitative estimate of drug-likeness (QED) is 0.555. The number of hydrogen-bond acceptors (Lipinski definition) is 7. The molecule has 2 aliphatic heterocycles. The van der Waals surface area contributed by atoms with Crippen molar-refractivity contribution < 1.29 is 4.79 Å². The van der Waals surface area contributed by atoms with E-state index in [0.29, 0.717) is 6.54 Å². The van der Waals surface area contributed by atoms with Crippen molar-refractivity contribution in [3.8, 4) is 11.3 Å². The maximum Gasteiger partial charge on any atom is 0.231 e. The third-order valence-corrected chi connectivity index (χ3v) is 4.79. The molecule has 3 aromatic rings. The Morgan fingerprint density at radius 2 is 1.96 bits per heavy atom. The first-order valence-electron chi connectivity index (χ1n) is 8.60. The molecule has 3 heterocycles. The number of hydrogen-bond donors (Lipinski definition) is 4. The SMILES string of the molecule is Nc1ncc2c(n1)-c1ccccc1N(Cc1ccc3c(c1)NNN3)C(=O)C2. The van der Waals surface area contributed by atoms with E-state index in [1.54, 1.807) is 11.1 Å². The zero-order valence-electron chi connectivity index (χ0n) is 14.4. The second-order valence-corrected chi connectivity index (χ2v) is 6.53. The number of benzene rings is 2. The molecule has 0 aliphatic carbocycles. The highest BCUT2D eigenvalue weighted by molar-refractivity contribution is 6.01. The molecule has 5 N–H and O–H groups in total. The fourth-order valence-electron chi connectivity index (χ4n) is 3.51. The minimum absolute atomic E-state index is 0.000668. The van der Waals surface area contributed by atoms with Crippen molar-refractivity contribution in [1.82, 2.24) is 15.5 Å². The van der Waals surface area contributed by atoms with Crippen molar-refractivity contribution in [1.29, 1.82) is 0 Å². The van der Waals surface area contributed by atoms with Gasteiger partial charge in [0.25, 0.3) is 0 Å². The third kappa shape index (κ3) is 2.63. The van der Waals surface area contributed by atoms with Crippen LogP contribution in [0.25, 0.3) is 11.3 Å². The van der Waals surface area contributed by atoms with E-state index >= 15 is 0 Å². The van der Waals surface area contributed by atoms with E-state index in [9.17, 15) is 4.79 Å². The maximum atomic E-state index is 13.1. The monoisotopic (exact) mass is 359 g/mol. The molecular formula is C19H17N7O. The van der Waals surface area contributed by atoms with Crippen LogP contribution in [0.3, 0.4) is 0 Å². The molecule has 8 heteroatoms. The molecule has 0 radical (unpaired) electrons. The van der Waals surface area contributed by atoms with Crippen LogP contribution in [-0.4, -0.2) is 15.9 Å². The van der Waals surface area contributed by atoms with Gasteiger partial charge in [0, 0.05) is 17.3 Å². The number of carbonyl (C=O) groups is 1. The first-order chi connectivity index (χ1) is 13.2. The summed E-state index contributed by atoms with van der Waals surface area (Å²) in [6.45, 7) is 0.460. The Balaban J connectivity index is 1.59. The zero-order valence-corrected chi connectivity index (χ0v) is 14.4. The highest BCUT2D eigenvalue weighted by Gasteiger charge is 2.27. The van der Waals surface area contributed by atoms with Gasteiger partial charge >= 0.3 is 0 Å². The van der Waals surface area contributed by atoms with Gasteiger partial charge in [-0.3, -0.25) is 4.79 Å². The Hall–Kier alpha value is -3.65. The standard InChI is InChI=1S/C19H17N7O/c20-19-21-9-12-8-17(27)26(16-4-2-1-3-13(16)18(12)22-19)10-11-5-6-14-15(7-11)24-25-23-14/h1-7,9,23-25H,8,10H2,(H2,20,21,22). The largest absolute Gasteiger partial charge is 0.368 e. The van der Waals surface area contributed by atoms with E-state index < -0.39 is 0 Å². The molecule has 134 valence electrons. The Bertz CT molecular complexity index is 1070. The minimum atomic E-state index is -0.000668. The fraction of sp³-hybridized carbons (Fsp3) is 0.105. The van der Waals surface area contributed by atoms with Crippen LogP contribution >= 0.6 is 0 Å². The van der Waals surface area contributed by atoms with E-state index in [2.05, 4.69) is 26.4 Å². The van der Waals surface area contributed by atoms with E-state index in [-0.39, 0.29) is 18.3 Å². The Labute approximate surface area is 155 Å². The molecule has 0 saturated heterocycles. The molecule has 1 amide bonds. The summed E-state index contributed by atoms with van der Waals surface area (Å²) in [7, 11) is 0. The van der Waals surface area contributed by atoms with Crippen LogP contribution in [0.5, 0.6) is 0 Å². The molecule has 0 fully saturated rings. The van der Waals surface area contributed by atoms with Crippen molar-refractivity contribution in [3.63, 3.8) is 0 Å². The van der Waals surface area contributed by atoms with Crippen molar-refractivity contribution in [3.05, 3.63) is 59.8 Å². The van der Waals surface area contributed by atoms with Crippen molar-refractivity contribution in [2.45, 2.75) is 13.0 Å². The summed E-state index contributed by atoms with van der Waals surface area (Å²) in [5.41, 5.74) is 20.9. The van der Waals surface area contributed by atoms with E-state index in [4.69, 9.17) is 5.73 Å². The number of aromatic nitrogens is 2. The van der Waals surface area contributed by atoms with Crippen LogP contribution in [0.2, 0.25) is 0 Å². The zero-order chi connectivity index (χ0) is 18.4. The van der Waals surface area contributed by atoms with E-state index in [1.165, 1.54) is 0 Å². The van der Waals surface area contributed by atoms with Crippen molar-refractivity contribution in [2.24, 2.45) is 0 Å². The first kappa shape index (κ1) is 15.6. The van der Waals surface area contributed by atoms with Crippen molar-refractivity contribution >= 4 is 28.9 Å². The van der Waals surface area contributed by atoms with Gasteiger partial charge in [-0.15, -0.1) is 5.53 Å². The summed E-state index contributed by atoms with van der Waals surface area (Å²) >= 11 is 0. The number of nitrogen functional groups attached to an aromatic ring is 1. The Morgan fingerprint density at radius 1 is 1.11 bits per heavy atom. The predicted octanol–water partition coefficient (Wildman–Crippen LogP) is 2.07.